The van der Waals surface area contributed by atoms with Gasteiger partial charge in [0.25, 0.3) is 0 Å². The molecule has 0 radical (unpaired) electrons. The van der Waals surface area contributed by atoms with Crippen molar-refractivity contribution in [3.05, 3.63) is 47.5 Å². The van der Waals surface area contributed by atoms with Crippen LogP contribution in [0.25, 0.3) is 5.69 Å². The molecular weight excluding hydrogens is 305 g/mol. The van der Waals surface area contributed by atoms with E-state index in [0.717, 1.165) is 42.6 Å². The maximum absolute atomic E-state index is 13.1. The summed E-state index contributed by atoms with van der Waals surface area (Å²) in [5.41, 5.74) is 2.76. The van der Waals surface area contributed by atoms with Crippen molar-refractivity contribution in [2.45, 2.75) is 52.0 Å². The summed E-state index contributed by atoms with van der Waals surface area (Å²) in [6, 6.07) is 6.15. The van der Waals surface area contributed by atoms with E-state index in [4.69, 9.17) is 0 Å². The first-order chi connectivity index (χ1) is 11.6. The van der Waals surface area contributed by atoms with Crippen LogP contribution in [0.4, 0.5) is 4.39 Å². The Morgan fingerprint density at radius 2 is 1.92 bits per heavy atom. The molecule has 3 rings (SSSR count). The molecule has 1 amide bonds. The van der Waals surface area contributed by atoms with Crippen LogP contribution in [0.15, 0.2) is 30.5 Å². The van der Waals surface area contributed by atoms with Crippen molar-refractivity contribution in [3.63, 3.8) is 0 Å². The van der Waals surface area contributed by atoms with Gasteiger partial charge in [0.15, 0.2) is 0 Å². The first-order valence-electron chi connectivity index (χ1n) is 8.67. The highest BCUT2D eigenvalue weighted by Gasteiger charge is 2.23. The third kappa shape index (κ3) is 3.50. The van der Waals surface area contributed by atoms with Crippen LogP contribution >= 0.6 is 0 Å². The molecule has 24 heavy (non-hydrogen) atoms. The quantitative estimate of drug-likeness (QED) is 0.919. The van der Waals surface area contributed by atoms with E-state index in [2.05, 4.69) is 10.4 Å². The van der Waals surface area contributed by atoms with Gasteiger partial charge in [0.2, 0.25) is 5.91 Å². The normalized spacial score (nSPS) is 16.8. The molecule has 1 aromatic carbocycles. The second kappa shape index (κ2) is 7.16. The summed E-state index contributed by atoms with van der Waals surface area (Å²) in [5.74, 6) is 0.0293. The number of hydrogen-bond donors (Lipinski definition) is 1. The molecule has 0 saturated heterocycles. The Labute approximate surface area is 142 Å². The molecule has 1 saturated carbocycles. The van der Waals surface area contributed by atoms with E-state index in [0.29, 0.717) is 0 Å². The van der Waals surface area contributed by atoms with E-state index in [9.17, 15) is 9.18 Å². The van der Waals surface area contributed by atoms with Gasteiger partial charge in [-0.25, -0.2) is 9.07 Å². The summed E-state index contributed by atoms with van der Waals surface area (Å²) in [6.45, 7) is 3.95. The summed E-state index contributed by atoms with van der Waals surface area (Å²) in [6.07, 6.45) is 7.30. The Balaban J connectivity index is 1.72. The summed E-state index contributed by atoms with van der Waals surface area (Å²) in [4.78, 5) is 12.4. The van der Waals surface area contributed by atoms with Crippen molar-refractivity contribution >= 4 is 5.91 Å². The molecule has 1 unspecified atom stereocenters. The van der Waals surface area contributed by atoms with Crippen molar-refractivity contribution in [1.29, 1.82) is 0 Å². The van der Waals surface area contributed by atoms with E-state index in [1.54, 1.807) is 23.0 Å². The van der Waals surface area contributed by atoms with Crippen LogP contribution in [0.2, 0.25) is 0 Å². The minimum atomic E-state index is -0.267. The number of benzene rings is 1. The Morgan fingerprint density at radius 3 is 2.58 bits per heavy atom. The molecule has 1 aliphatic carbocycles. The van der Waals surface area contributed by atoms with Crippen molar-refractivity contribution in [3.8, 4) is 5.69 Å². The minimum absolute atomic E-state index is 0.0892. The fourth-order valence-corrected chi connectivity index (χ4v) is 3.46. The van der Waals surface area contributed by atoms with Crippen LogP contribution in [0.3, 0.4) is 0 Å². The molecule has 1 atom stereocenters. The largest absolute Gasteiger partial charge is 0.349 e. The van der Waals surface area contributed by atoms with Crippen molar-refractivity contribution in [1.82, 2.24) is 15.1 Å². The first-order valence-corrected chi connectivity index (χ1v) is 8.67. The van der Waals surface area contributed by atoms with E-state index in [1.165, 1.54) is 18.6 Å². The van der Waals surface area contributed by atoms with Gasteiger partial charge in [0, 0.05) is 17.2 Å². The molecule has 1 N–H and O–H groups in total. The minimum Gasteiger partial charge on any atom is -0.349 e. The fraction of sp³-hybridized carbons (Fsp3) is 0.474. The topological polar surface area (TPSA) is 46.9 Å². The number of nitrogens with zero attached hydrogens (tertiary/aromatic N) is 2. The van der Waals surface area contributed by atoms with Gasteiger partial charge >= 0.3 is 0 Å². The molecule has 0 bridgehead atoms. The molecule has 1 heterocycles. The monoisotopic (exact) mass is 329 g/mol. The predicted octanol–water partition coefficient (Wildman–Crippen LogP) is 4.08. The molecule has 1 aliphatic rings. The van der Waals surface area contributed by atoms with Crippen LogP contribution in [-0.2, 0) is 4.79 Å². The molecule has 1 fully saturated rings. The van der Waals surface area contributed by atoms with Crippen LogP contribution in [-0.4, -0.2) is 15.7 Å². The number of carbonyl (C=O) groups excluding carboxylic acids is 1. The molecular formula is C19H24FN3O. The average Bonchev–Trinajstić information content (AvgIpc) is 2.98. The maximum atomic E-state index is 13.1. The number of hydrogen-bond acceptors (Lipinski definition) is 2. The van der Waals surface area contributed by atoms with E-state index < -0.39 is 0 Å². The lowest BCUT2D eigenvalue weighted by atomic mass is 9.88. The number of halogens is 1. The Kier molecular flexibility index (Phi) is 4.97. The highest BCUT2D eigenvalue weighted by Crippen LogP contribution is 2.26. The smallest absolute Gasteiger partial charge is 0.223 e. The Bertz CT molecular complexity index is 702. The predicted molar refractivity (Wildman–Crippen MR) is 91.4 cm³/mol. The Hall–Kier alpha value is -2.17. The zero-order valence-electron chi connectivity index (χ0n) is 14.3. The molecule has 0 spiro atoms. The highest BCUT2D eigenvalue weighted by molar-refractivity contribution is 5.79. The van der Waals surface area contributed by atoms with Crippen LogP contribution in [0, 0.1) is 18.7 Å². The third-order valence-corrected chi connectivity index (χ3v) is 4.92. The molecule has 1 aromatic heterocycles. The van der Waals surface area contributed by atoms with E-state index in [1.807, 2.05) is 13.8 Å². The van der Waals surface area contributed by atoms with Gasteiger partial charge in [-0.05, 0) is 51.0 Å². The van der Waals surface area contributed by atoms with Crippen LogP contribution < -0.4 is 5.32 Å². The van der Waals surface area contributed by atoms with Gasteiger partial charge < -0.3 is 5.32 Å². The second-order valence-electron chi connectivity index (χ2n) is 6.64. The number of rotatable bonds is 4. The zero-order chi connectivity index (χ0) is 17.1. The number of carbonyl (C=O) groups is 1. The standard InChI is InChI=1S/C19H24FN3O/c1-13(22-19(24)15-6-4-3-5-7-15)18-12-21-23(14(18)2)17-10-8-16(20)9-11-17/h8-13,15H,3-7H2,1-2H3,(H,22,24). The van der Waals surface area contributed by atoms with Crippen LogP contribution in [0.5, 0.6) is 0 Å². The van der Waals surface area contributed by atoms with Crippen molar-refractivity contribution in [2.24, 2.45) is 5.92 Å². The summed E-state index contributed by atoms with van der Waals surface area (Å²) < 4.78 is 14.9. The number of amides is 1. The van der Waals surface area contributed by atoms with E-state index in [-0.39, 0.29) is 23.7 Å². The summed E-state index contributed by atoms with van der Waals surface area (Å²) in [5, 5.41) is 7.53. The first kappa shape index (κ1) is 16.7. The molecule has 4 nitrogen and oxygen atoms in total. The van der Waals surface area contributed by atoms with E-state index >= 15 is 0 Å². The maximum Gasteiger partial charge on any atom is 0.223 e. The fourth-order valence-electron chi connectivity index (χ4n) is 3.46. The van der Waals surface area contributed by atoms with Crippen molar-refractivity contribution < 1.29 is 9.18 Å². The molecule has 2 aromatic rings. The van der Waals surface area contributed by atoms with Gasteiger partial charge in [-0.2, -0.15) is 5.10 Å². The van der Waals surface area contributed by atoms with Gasteiger partial charge in [-0.1, -0.05) is 19.3 Å². The summed E-state index contributed by atoms with van der Waals surface area (Å²) >= 11 is 0. The number of aromatic nitrogens is 2. The number of nitrogens with one attached hydrogen (secondary N) is 1. The SMILES string of the molecule is Cc1c(C(C)NC(=O)C2CCCCC2)cnn1-c1ccc(F)cc1. The second-order valence-corrected chi connectivity index (χ2v) is 6.64. The van der Waals surface area contributed by atoms with Gasteiger partial charge in [-0.3, -0.25) is 4.79 Å². The lowest BCUT2D eigenvalue weighted by molar-refractivity contribution is -0.126. The van der Waals surface area contributed by atoms with Gasteiger partial charge in [0.05, 0.1) is 17.9 Å². The van der Waals surface area contributed by atoms with Crippen molar-refractivity contribution in [2.75, 3.05) is 0 Å². The zero-order valence-corrected chi connectivity index (χ0v) is 14.3. The van der Waals surface area contributed by atoms with Crippen LogP contribution in [0.1, 0.15) is 56.3 Å². The molecule has 5 heteroatoms. The Morgan fingerprint density at radius 1 is 1.25 bits per heavy atom. The molecule has 0 aliphatic heterocycles. The molecule has 128 valence electrons. The third-order valence-electron chi connectivity index (χ3n) is 4.92. The highest BCUT2D eigenvalue weighted by atomic mass is 19.1. The lowest BCUT2D eigenvalue weighted by Crippen LogP contribution is -2.34. The summed E-state index contributed by atoms with van der Waals surface area (Å²) in [7, 11) is 0. The average molecular weight is 329 g/mol. The lowest BCUT2D eigenvalue weighted by Gasteiger charge is -2.23. The van der Waals surface area contributed by atoms with Gasteiger partial charge in [0.1, 0.15) is 5.82 Å². The van der Waals surface area contributed by atoms with Gasteiger partial charge in [-0.15, -0.1) is 0 Å².